The minimum absolute atomic E-state index is 0.0797. The van der Waals surface area contributed by atoms with Crippen molar-refractivity contribution in [2.75, 3.05) is 26.4 Å². The standard InChI is InChI=1S/C25H29NO8/c1-16(2)9-11-33-22-8-5-18(32-12-10-26)14-19(22)21(27)6-3-17-4-7-23(34-15-24(28)29)20(13-17)25(30)31/h3-8,13-14,16H,9-12,15,26H2,1-2H3,(H,28,29)(H,30,31). The number of nitrogens with two attached hydrogens (primary N) is 1. The fourth-order valence-electron chi connectivity index (χ4n) is 2.84. The molecular formula is C25H29NO8. The summed E-state index contributed by atoms with van der Waals surface area (Å²) in [6.07, 6.45) is 3.58. The lowest BCUT2D eigenvalue weighted by Crippen LogP contribution is -2.12. The van der Waals surface area contributed by atoms with Crippen molar-refractivity contribution in [3.63, 3.8) is 0 Å². The Hall–Kier alpha value is -3.85. The molecule has 0 bridgehead atoms. The van der Waals surface area contributed by atoms with Crippen LogP contribution in [0.3, 0.4) is 0 Å². The van der Waals surface area contributed by atoms with Crippen molar-refractivity contribution < 1.29 is 38.8 Å². The molecule has 0 spiro atoms. The highest BCUT2D eigenvalue weighted by atomic mass is 16.5. The monoisotopic (exact) mass is 471 g/mol. The van der Waals surface area contributed by atoms with Gasteiger partial charge in [-0.15, -0.1) is 0 Å². The smallest absolute Gasteiger partial charge is 0.341 e. The largest absolute Gasteiger partial charge is 0.493 e. The molecule has 0 radical (unpaired) electrons. The van der Waals surface area contributed by atoms with Crippen molar-refractivity contribution in [3.8, 4) is 17.2 Å². The van der Waals surface area contributed by atoms with E-state index in [0.29, 0.717) is 48.3 Å². The molecule has 0 fully saturated rings. The third-order valence-electron chi connectivity index (χ3n) is 4.57. The summed E-state index contributed by atoms with van der Waals surface area (Å²) in [4.78, 5) is 35.2. The molecule has 34 heavy (non-hydrogen) atoms. The van der Waals surface area contributed by atoms with E-state index in [-0.39, 0.29) is 17.1 Å². The Balaban J connectivity index is 2.27. The molecule has 9 heteroatoms. The van der Waals surface area contributed by atoms with Gasteiger partial charge in [0.15, 0.2) is 12.4 Å². The first-order valence-corrected chi connectivity index (χ1v) is 10.7. The summed E-state index contributed by atoms with van der Waals surface area (Å²) >= 11 is 0. The Morgan fingerprint density at radius 2 is 1.65 bits per heavy atom. The van der Waals surface area contributed by atoms with Gasteiger partial charge in [-0.05, 0) is 54.3 Å². The molecule has 2 aromatic rings. The first kappa shape index (κ1) is 26.4. The maximum atomic E-state index is 13.0. The van der Waals surface area contributed by atoms with Gasteiger partial charge in [-0.3, -0.25) is 4.79 Å². The number of rotatable bonds is 14. The maximum Gasteiger partial charge on any atom is 0.341 e. The van der Waals surface area contributed by atoms with E-state index in [0.717, 1.165) is 6.42 Å². The molecule has 0 aliphatic carbocycles. The normalized spacial score (nSPS) is 10.9. The highest BCUT2D eigenvalue weighted by Gasteiger charge is 2.15. The Labute approximate surface area is 197 Å². The predicted molar refractivity (Wildman–Crippen MR) is 126 cm³/mol. The first-order valence-electron chi connectivity index (χ1n) is 10.7. The van der Waals surface area contributed by atoms with Crippen LogP contribution in [-0.4, -0.2) is 54.3 Å². The Morgan fingerprint density at radius 1 is 0.941 bits per heavy atom. The molecular weight excluding hydrogens is 442 g/mol. The van der Waals surface area contributed by atoms with Crippen LogP contribution in [-0.2, 0) is 4.79 Å². The molecule has 0 aliphatic heterocycles. The second-order valence-corrected chi connectivity index (χ2v) is 7.77. The van der Waals surface area contributed by atoms with E-state index in [9.17, 15) is 19.5 Å². The molecule has 0 saturated carbocycles. The molecule has 182 valence electrons. The number of carbonyl (C=O) groups excluding carboxylic acids is 1. The minimum atomic E-state index is -1.28. The van der Waals surface area contributed by atoms with Gasteiger partial charge in [-0.2, -0.15) is 0 Å². The average molecular weight is 472 g/mol. The SMILES string of the molecule is CC(C)CCOc1ccc(OCCN)cc1C(=O)C=Cc1ccc(OCC(=O)O)c(C(=O)O)c1. The molecule has 0 amide bonds. The van der Waals surface area contributed by atoms with Gasteiger partial charge in [0.05, 0.1) is 12.2 Å². The van der Waals surface area contributed by atoms with Crippen LogP contribution in [0.1, 0.15) is 46.5 Å². The molecule has 0 aromatic heterocycles. The highest BCUT2D eigenvalue weighted by molar-refractivity contribution is 6.09. The number of hydrogen-bond acceptors (Lipinski definition) is 7. The summed E-state index contributed by atoms with van der Waals surface area (Å²) in [5.74, 6) is -1.62. The van der Waals surface area contributed by atoms with Gasteiger partial charge in [0.1, 0.15) is 29.4 Å². The summed E-state index contributed by atoms with van der Waals surface area (Å²) in [6, 6.07) is 9.12. The number of aromatic carboxylic acids is 1. The number of aliphatic carboxylic acids is 1. The van der Waals surface area contributed by atoms with Crippen LogP contribution in [0, 0.1) is 5.92 Å². The summed E-state index contributed by atoms with van der Waals surface area (Å²) < 4.78 is 16.4. The third-order valence-corrected chi connectivity index (χ3v) is 4.57. The van der Waals surface area contributed by atoms with E-state index in [1.807, 2.05) is 0 Å². The quantitative estimate of drug-likeness (QED) is 0.278. The van der Waals surface area contributed by atoms with Gasteiger partial charge in [0, 0.05) is 6.54 Å². The molecule has 2 rings (SSSR count). The minimum Gasteiger partial charge on any atom is -0.493 e. The van der Waals surface area contributed by atoms with Crippen molar-refractivity contribution in [1.82, 2.24) is 0 Å². The van der Waals surface area contributed by atoms with Crippen LogP contribution in [0.25, 0.3) is 6.08 Å². The van der Waals surface area contributed by atoms with Crippen molar-refractivity contribution in [3.05, 3.63) is 59.2 Å². The predicted octanol–water partition coefficient (Wildman–Crippen LogP) is 3.51. The zero-order valence-corrected chi connectivity index (χ0v) is 19.2. The van der Waals surface area contributed by atoms with Crippen molar-refractivity contribution >= 4 is 23.8 Å². The fraction of sp³-hybridized carbons (Fsp3) is 0.320. The van der Waals surface area contributed by atoms with Gasteiger partial charge >= 0.3 is 11.9 Å². The summed E-state index contributed by atoms with van der Waals surface area (Å²) in [5, 5.41) is 18.1. The lowest BCUT2D eigenvalue weighted by molar-refractivity contribution is -0.139. The van der Waals surface area contributed by atoms with Crippen molar-refractivity contribution in [2.45, 2.75) is 20.3 Å². The first-order chi connectivity index (χ1) is 16.2. The van der Waals surface area contributed by atoms with Crippen LogP contribution in [0.2, 0.25) is 0 Å². The molecule has 0 unspecified atom stereocenters. The Bertz CT molecular complexity index is 1050. The molecule has 0 heterocycles. The third kappa shape index (κ3) is 8.25. The lowest BCUT2D eigenvalue weighted by Gasteiger charge is -2.13. The molecule has 0 saturated heterocycles. The van der Waals surface area contributed by atoms with E-state index >= 15 is 0 Å². The number of benzene rings is 2. The number of ketones is 1. The Kier molecular flexibility index (Phi) is 10.1. The lowest BCUT2D eigenvalue weighted by atomic mass is 10.1. The second-order valence-electron chi connectivity index (χ2n) is 7.77. The number of ether oxygens (including phenoxy) is 3. The van der Waals surface area contributed by atoms with Gasteiger partial charge in [0.25, 0.3) is 0 Å². The van der Waals surface area contributed by atoms with Gasteiger partial charge < -0.3 is 30.2 Å². The molecule has 9 nitrogen and oxygen atoms in total. The number of carbonyl (C=O) groups is 3. The van der Waals surface area contributed by atoms with Crippen molar-refractivity contribution in [2.24, 2.45) is 11.7 Å². The number of carboxylic acid groups (broad SMARTS) is 2. The second kappa shape index (κ2) is 13.0. The van der Waals surface area contributed by atoms with Gasteiger partial charge in [0.2, 0.25) is 0 Å². The zero-order valence-electron chi connectivity index (χ0n) is 19.2. The van der Waals surface area contributed by atoms with Crippen LogP contribution in [0.4, 0.5) is 0 Å². The number of allylic oxidation sites excluding steroid dienone is 1. The highest BCUT2D eigenvalue weighted by Crippen LogP contribution is 2.27. The Morgan fingerprint density at radius 3 is 2.29 bits per heavy atom. The summed E-state index contributed by atoms with van der Waals surface area (Å²) in [5.41, 5.74) is 5.99. The van der Waals surface area contributed by atoms with Gasteiger partial charge in [-0.1, -0.05) is 26.0 Å². The number of hydrogen-bond donors (Lipinski definition) is 3. The maximum absolute atomic E-state index is 13.0. The molecule has 4 N–H and O–H groups in total. The topological polar surface area (TPSA) is 145 Å². The molecule has 2 aromatic carbocycles. The van der Waals surface area contributed by atoms with E-state index in [1.54, 1.807) is 18.2 Å². The van der Waals surface area contributed by atoms with Crippen LogP contribution in [0.15, 0.2) is 42.5 Å². The van der Waals surface area contributed by atoms with E-state index in [4.69, 9.17) is 25.1 Å². The molecule has 0 aliphatic rings. The van der Waals surface area contributed by atoms with Crippen LogP contribution >= 0.6 is 0 Å². The summed E-state index contributed by atoms with van der Waals surface area (Å²) in [7, 11) is 0. The van der Waals surface area contributed by atoms with Gasteiger partial charge in [-0.25, -0.2) is 9.59 Å². The molecule has 0 atom stereocenters. The van der Waals surface area contributed by atoms with Crippen LogP contribution < -0.4 is 19.9 Å². The van der Waals surface area contributed by atoms with Crippen LogP contribution in [0.5, 0.6) is 17.2 Å². The summed E-state index contributed by atoms with van der Waals surface area (Å²) in [6.45, 7) is 4.55. The van der Waals surface area contributed by atoms with E-state index in [1.165, 1.54) is 30.4 Å². The van der Waals surface area contributed by atoms with E-state index in [2.05, 4.69) is 13.8 Å². The average Bonchev–Trinajstić information content (AvgIpc) is 2.80. The zero-order chi connectivity index (χ0) is 25.1. The van der Waals surface area contributed by atoms with Crippen molar-refractivity contribution in [1.29, 1.82) is 0 Å². The van der Waals surface area contributed by atoms with E-state index < -0.39 is 18.5 Å². The fourth-order valence-corrected chi connectivity index (χ4v) is 2.84. The number of carboxylic acids is 2.